The minimum Gasteiger partial charge on any atom is -0.294 e. The molecule has 2 atom stereocenters. The maximum atomic E-state index is 11.4. The highest BCUT2D eigenvalue weighted by Gasteiger charge is 2.38. The van der Waals surface area contributed by atoms with Gasteiger partial charge in [0.1, 0.15) is 0 Å². The van der Waals surface area contributed by atoms with Gasteiger partial charge in [0.2, 0.25) is 0 Å². The summed E-state index contributed by atoms with van der Waals surface area (Å²) < 4.78 is 0. The molecule has 0 radical (unpaired) electrons. The van der Waals surface area contributed by atoms with E-state index in [1.54, 1.807) is 6.08 Å². The highest BCUT2D eigenvalue weighted by Crippen LogP contribution is 2.38. The molecule has 0 aromatic rings. The summed E-state index contributed by atoms with van der Waals surface area (Å²) >= 11 is 0. The third-order valence-corrected chi connectivity index (χ3v) is 2.67. The van der Waals surface area contributed by atoms with Crippen LogP contribution in [0, 0.1) is 11.3 Å². The van der Waals surface area contributed by atoms with Gasteiger partial charge in [0.05, 0.1) is 0 Å². The van der Waals surface area contributed by atoms with Crippen molar-refractivity contribution in [3.8, 4) is 0 Å². The van der Waals surface area contributed by atoms with Gasteiger partial charge in [-0.3, -0.25) is 4.79 Å². The molecule has 60 valence electrons. The van der Waals surface area contributed by atoms with Gasteiger partial charge in [0.25, 0.3) is 0 Å². The van der Waals surface area contributed by atoms with E-state index in [0.717, 1.165) is 6.42 Å². The lowest BCUT2D eigenvalue weighted by Gasteiger charge is -2.25. The van der Waals surface area contributed by atoms with Crippen LogP contribution in [0.5, 0.6) is 0 Å². The van der Waals surface area contributed by atoms with Crippen molar-refractivity contribution in [3.05, 3.63) is 24.8 Å². The second kappa shape index (κ2) is 2.65. The SMILES string of the molecule is C=CC[C@]1(C)C(=O)C=C[C@@H]1C. The predicted octanol–water partition coefficient (Wildman–Crippen LogP) is 2.34. The van der Waals surface area contributed by atoms with Crippen LogP contribution in [0.4, 0.5) is 0 Å². The number of hydrogen-bond donors (Lipinski definition) is 0. The Morgan fingerprint density at radius 2 is 2.45 bits per heavy atom. The normalized spacial score (nSPS) is 36.2. The summed E-state index contributed by atoms with van der Waals surface area (Å²) in [5.74, 6) is 0.595. The Balaban J connectivity index is 2.84. The summed E-state index contributed by atoms with van der Waals surface area (Å²) in [6, 6.07) is 0. The van der Waals surface area contributed by atoms with Crippen molar-refractivity contribution in [2.75, 3.05) is 0 Å². The fourth-order valence-corrected chi connectivity index (χ4v) is 1.45. The number of hydrogen-bond acceptors (Lipinski definition) is 1. The Morgan fingerprint density at radius 1 is 1.82 bits per heavy atom. The van der Waals surface area contributed by atoms with E-state index in [-0.39, 0.29) is 11.2 Å². The van der Waals surface area contributed by atoms with Crippen molar-refractivity contribution >= 4 is 5.78 Å². The van der Waals surface area contributed by atoms with Gasteiger partial charge >= 0.3 is 0 Å². The van der Waals surface area contributed by atoms with Crippen LogP contribution in [0.25, 0.3) is 0 Å². The van der Waals surface area contributed by atoms with Crippen molar-refractivity contribution in [1.29, 1.82) is 0 Å². The van der Waals surface area contributed by atoms with Crippen LogP contribution in [-0.4, -0.2) is 5.78 Å². The lowest BCUT2D eigenvalue weighted by atomic mass is 9.76. The summed E-state index contributed by atoms with van der Waals surface area (Å²) in [6.07, 6.45) is 6.27. The van der Waals surface area contributed by atoms with Crippen molar-refractivity contribution in [3.63, 3.8) is 0 Å². The zero-order chi connectivity index (χ0) is 8.48. The first-order chi connectivity index (χ1) is 5.11. The standard InChI is InChI=1S/C10H14O/c1-4-7-10(3)8(2)5-6-9(10)11/h4-6,8H,1,7H2,2-3H3/t8-,10-/m0/s1. The monoisotopic (exact) mass is 150 g/mol. The summed E-state index contributed by atoms with van der Waals surface area (Å²) in [7, 11) is 0. The molecule has 0 heterocycles. The van der Waals surface area contributed by atoms with Gasteiger partial charge in [0.15, 0.2) is 5.78 Å². The minimum atomic E-state index is -0.207. The van der Waals surface area contributed by atoms with E-state index in [4.69, 9.17) is 0 Å². The molecule has 0 fully saturated rings. The van der Waals surface area contributed by atoms with Crippen LogP contribution in [0.1, 0.15) is 20.3 Å². The highest BCUT2D eigenvalue weighted by atomic mass is 16.1. The maximum absolute atomic E-state index is 11.4. The fourth-order valence-electron chi connectivity index (χ4n) is 1.45. The second-order valence-electron chi connectivity index (χ2n) is 3.42. The number of rotatable bonds is 2. The lowest BCUT2D eigenvalue weighted by Crippen LogP contribution is -2.27. The predicted molar refractivity (Wildman–Crippen MR) is 46.2 cm³/mol. The average Bonchev–Trinajstić information content (AvgIpc) is 2.19. The molecule has 1 nitrogen and oxygen atoms in total. The summed E-state index contributed by atoms with van der Waals surface area (Å²) in [6.45, 7) is 7.73. The van der Waals surface area contributed by atoms with E-state index in [2.05, 4.69) is 13.5 Å². The smallest absolute Gasteiger partial charge is 0.162 e. The van der Waals surface area contributed by atoms with Gasteiger partial charge in [-0.15, -0.1) is 6.58 Å². The van der Waals surface area contributed by atoms with E-state index in [0.29, 0.717) is 5.92 Å². The lowest BCUT2D eigenvalue weighted by molar-refractivity contribution is -0.123. The first-order valence-corrected chi connectivity index (χ1v) is 3.95. The van der Waals surface area contributed by atoms with Crippen molar-refractivity contribution < 1.29 is 4.79 Å². The van der Waals surface area contributed by atoms with Crippen LogP contribution >= 0.6 is 0 Å². The molecular weight excluding hydrogens is 136 g/mol. The largest absolute Gasteiger partial charge is 0.294 e. The average molecular weight is 150 g/mol. The van der Waals surface area contributed by atoms with E-state index < -0.39 is 0 Å². The van der Waals surface area contributed by atoms with Gasteiger partial charge in [-0.1, -0.05) is 26.0 Å². The van der Waals surface area contributed by atoms with E-state index >= 15 is 0 Å². The van der Waals surface area contributed by atoms with Crippen molar-refractivity contribution in [2.45, 2.75) is 20.3 Å². The molecule has 1 rings (SSSR count). The Morgan fingerprint density at radius 3 is 2.82 bits per heavy atom. The molecule has 0 aliphatic heterocycles. The fraction of sp³-hybridized carbons (Fsp3) is 0.500. The first kappa shape index (κ1) is 8.25. The van der Waals surface area contributed by atoms with Gasteiger partial charge in [-0.2, -0.15) is 0 Å². The molecule has 0 aromatic heterocycles. The molecule has 0 N–H and O–H groups in total. The molecule has 0 unspecified atom stereocenters. The second-order valence-corrected chi connectivity index (χ2v) is 3.42. The van der Waals surface area contributed by atoms with Crippen molar-refractivity contribution in [1.82, 2.24) is 0 Å². The van der Waals surface area contributed by atoms with Crippen LogP contribution in [0.3, 0.4) is 0 Å². The minimum absolute atomic E-state index is 0.207. The Kier molecular flexibility index (Phi) is 1.99. The molecule has 0 aromatic carbocycles. The third-order valence-electron chi connectivity index (χ3n) is 2.67. The van der Waals surface area contributed by atoms with Crippen LogP contribution in [-0.2, 0) is 4.79 Å². The van der Waals surface area contributed by atoms with Gasteiger partial charge < -0.3 is 0 Å². The van der Waals surface area contributed by atoms with E-state index in [1.807, 2.05) is 19.1 Å². The molecule has 0 amide bonds. The molecule has 1 aliphatic rings. The van der Waals surface area contributed by atoms with Gasteiger partial charge in [0, 0.05) is 5.41 Å². The Bertz CT molecular complexity index is 215. The Hall–Kier alpha value is -0.850. The maximum Gasteiger partial charge on any atom is 0.162 e. The molecule has 11 heavy (non-hydrogen) atoms. The molecular formula is C10H14O. The molecule has 0 saturated heterocycles. The third kappa shape index (κ3) is 1.15. The van der Waals surface area contributed by atoms with E-state index in [9.17, 15) is 4.79 Å². The number of carbonyl (C=O) groups excluding carboxylic acids is 1. The van der Waals surface area contributed by atoms with Gasteiger partial charge in [-0.25, -0.2) is 0 Å². The number of allylic oxidation sites excluding steroid dienone is 3. The molecule has 1 heteroatoms. The quantitative estimate of drug-likeness (QED) is 0.552. The summed E-state index contributed by atoms with van der Waals surface area (Å²) in [4.78, 5) is 11.4. The zero-order valence-electron chi connectivity index (χ0n) is 7.13. The van der Waals surface area contributed by atoms with Crippen LogP contribution in [0.2, 0.25) is 0 Å². The zero-order valence-corrected chi connectivity index (χ0v) is 7.13. The summed E-state index contributed by atoms with van der Waals surface area (Å²) in [5.41, 5.74) is -0.207. The van der Waals surface area contributed by atoms with Crippen LogP contribution < -0.4 is 0 Å². The first-order valence-electron chi connectivity index (χ1n) is 3.95. The molecule has 0 saturated carbocycles. The Labute approximate surface area is 67.8 Å². The molecule has 1 aliphatic carbocycles. The molecule has 0 bridgehead atoms. The van der Waals surface area contributed by atoms with Gasteiger partial charge in [-0.05, 0) is 18.4 Å². The topological polar surface area (TPSA) is 17.1 Å². The van der Waals surface area contributed by atoms with E-state index in [1.165, 1.54) is 0 Å². The van der Waals surface area contributed by atoms with Crippen molar-refractivity contribution in [2.24, 2.45) is 11.3 Å². The number of carbonyl (C=O) groups is 1. The summed E-state index contributed by atoms with van der Waals surface area (Å²) in [5, 5.41) is 0. The van der Waals surface area contributed by atoms with Crippen LogP contribution in [0.15, 0.2) is 24.8 Å². The number of ketones is 1. The molecule has 0 spiro atoms. The highest BCUT2D eigenvalue weighted by molar-refractivity contribution is 5.97.